The molecular formula is C18H28IN3O2. The number of nitrogens with two attached hydrogens (primary N) is 1. The van der Waals surface area contributed by atoms with Crippen LogP contribution in [0.5, 0.6) is 0 Å². The molecule has 0 saturated heterocycles. The molecule has 1 fully saturated rings. The number of para-hydroxylation sites is 1. The van der Waals surface area contributed by atoms with Crippen molar-refractivity contribution in [2.24, 2.45) is 16.6 Å². The van der Waals surface area contributed by atoms with E-state index in [0.717, 1.165) is 31.4 Å². The Hall–Kier alpha value is -1.31. The fourth-order valence-electron chi connectivity index (χ4n) is 2.72. The molecule has 0 spiro atoms. The number of ether oxygens (including phenoxy) is 1. The highest BCUT2D eigenvalue weighted by atomic mass is 127. The fraction of sp³-hybridized carbons (Fsp3) is 0.556. The first-order chi connectivity index (χ1) is 10.8. The van der Waals surface area contributed by atoms with Crippen molar-refractivity contribution < 1.29 is 9.53 Å². The highest BCUT2D eigenvalue weighted by molar-refractivity contribution is 14.0. The van der Waals surface area contributed by atoms with Crippen molar-refractivity contribution in [2.45, 2.75) is 58.1 Å². The Morgan fingerprint density at radius 1 is 1.17 bits per heavy atom. The molecule has 1 aliphatic rings. The Bertz CT molecular complexity index is 547. The van der Waals surface area contributed by atoms with Crippen molar-refractivity contribution in [3.05, 3.63) is 30.3 Å². The first-order valence-electron chi connectivity index (χ1n) is 8.22. The van der Waals surface area contributed by atoms with Gasteiger partial charge in [-0.1, -0.05) is 18.2 Å². The summed E-state index contributed by atoms with van der Waals surface area (Å²) in [6, 6.07) is 9.91. The second kappa shape index (κ2) is 9.25. The standard InChI is InChI=1S/C18H27N3O2.HI/c1-18(2,3)23-16(22)13-9-11-15(12-10-13)21-17(19)20-14-7-5-4-6-8-14;/h4-8,13,15H,9-12H2,1-3H3,(H3,19,20,21);1H. The van der Waals surface area contributed by atoms with Crippen LogP contribution in [0.1, 0.15) is 46.5 Å². The summed E-state index contributed by atoms with van der Waals surface area (Å²) in [6.45, 7) is 5.70. The summed E-state index contributed by atoms with van der Waals surface area (Å²) in [6.07, 6.45) is 3.34. The van der Waals surface area contributed by atoms with Crippen LogP contribution in [-0.4, -0.2) is 23.6 Å². The van der Waals surface area contributed by atoms with Crippen molar-refractivity contribution in [3.63, 3.8) is 0 Å². The van der Waals surface area contributed by atoms with E-state index in [1.54, 1.807) is 0 Å². The maximum Gasteiger partial charge on any atom is 0.309 e. The van der Waals surface area contributed by atoms with Gasteiger partial charge in [0.1, 0.15) is 5.60 Å². The molecule has 0 aromatic heterocycles. The number of nitrogens with zero attached hydrogens (tertiary/aromatic N) is 1. The van der Waals surface area contributed by atoms with Crippen LogP contribution in [-0.2, 0) is 9.53 Å². The Kier molecular flexibility index (Phi) is 7.99. The lowest BCUT2D eigenvalue weighted by Crippen LogP contribution is -2.32. The van der Waals surface area contributed by atoms with E-state index in [-0.39, 0.29) is 41.9 Å². The Morgan fingerprint density at radius 3 is 2.29 bits per heavy atom. The first kappa shape index (κ1) is 20.7. The molecule has 134 valence electrons. The third-order valence-corrected chi connectivity index (χ3v) is 3.80. The Labute approximate surface area is 161 Å². The number of benzene rings is 1. The number of guanidine groups is 1. The largest absolute Gasteiger partial charge is 0.460 e. The van der Waals surface area contributed by atoms with E-state index >= 15 is 0 Å². The number of carbonyl (C=O) groups is 1. The number of halogens is 1. The Balaban J connectivity index is 0.00000288. The lowest BCUT2D eigenvalue weighted by molar-refractivity contribution is -0.161. The van der Waals surface area contributed by atoms with Crippen molar-refractivity contribution in [2.75, 3.05) is 5.32 Å². The monoisotopic (exact) mass is 445 g/mol. The molecule has 1 saturated carbocycles. The molecule has 0 bridgehead atoms. The number of esters is 1. The van der Waals surface area contributed by atoms with Gasteiger partial charge >= 0.3 is 5.97 Å². The van der Waals surface area contributed by atoms with Crippen LogP contribution >= 0.6 is 24.0 Å². The lowest BCUT2D eigenvalue weighted by atomic mass is 9.86. The molecule has 2 rings (SSSR count). The molecule has 1 aliphatic carbocycles. The topological polar surface area (TPSA) is 76.7 Å². The van der Waals surface area contributed by atoms with E-state index in [2.05, 4.69) is 10.3 Å². The first-order valence-corrected chi connectivity index (χ1v) is 8.22. The van der Waals surface area contributed by atoms with Gasteiger partial charge in [-0.25, -0.2) is 4.99 Å². The molecule has 24 heavy (non-hydrogen) atoms. The molecule has 0 radical (unpaired) electrons. The number of hydrogen-bond donors (Lipinski definition) is 2. The van der Waals surface area contributed by atoms with Crippen molar-refractivity contribution in [3.8, 4) is 0 Å². The third-order valence-electron chi connectivity index (χ3n) is 3.80. The van der Waals surface area contributed by atoms with Crippen LogP contribution in [0.2, 0.25) is 0 Å². The zero-order chi connectivity index (χ0) is 16.9. The number of carbonyl (C=O) groups excluding carboxylic acids is 1. The third kappa shape index (κ3) is 7.07. The maximum absolute atomic E-state index is 12.1. The van der Waals surface area contributed by atoms with Gasteiger partial charge in [0.2, 0.25) is 0 Å². The van der Waals surface area contributed by atoms with Crippen molar-refractivity contribution in [1.29, 1.82) is 0 Å². The van der Waals surface area contributed by atoms with Gasteiger partial charge in [0.15, 0.2) is 5.96 Å². The zero-order valence-electron chi connectivity index (χ0n) is 14.6. The smallest absolute Gasteiger partial charge is 0.309 e. The van der Waals surface area contributed by atoms with E-state index < -0.39 is 5.60 Å². The van der Waals surface area contributed by atoms with Crippen LogP contribution in [0.15, 0.2) is 35.3 Å². The van der Waals surface area contributed by atoms with Gasteiger partial charge in [0.25, 0.3) is 0 Å². The molecule has 1 aromatic rings. The second-order valence-electron chi connectivity index (χ2n) is 7.04. The second-order valence-corrected chi connectivity index (χ2v) is 7.04. The molecule has 3 N–H and O–H groups in total. The molecule has 0 amide bonds. The van der Waals surface area contributed by atoms with Gasteiger partial charge in [-0.3, -0.25) is 4.79 Å². The van der Waals surface area contributed by atoms with Gasteiger partial charge in [-0.2, -0.15) is 0 Å². The minimum atomic E-state index is -0.421. The van der Waals surface area contributed by atoms with Crippen LogP contribution in [0.4, 0.5) is 5.69 Å². The van der Waals surface area contributed by atoms with Crippen LogP contribution in [0, 0.1) is 5.92 Å². The maximum atomic E-state index is 12.1. The van der Waals surface area contributed by atoms with Crippen LogP contribution < -0.4 is 11.1 Å². The highest BCUT2D eigenvalue weighted by Crippen LogP contribution is 2.28. The molecule has 0 unspecified atom stereocenters. The van der Waals surface area contributed by atoms with Crippen LogP contribution in [0.25, 0.3) is 0 Å². The summed E-state index contributed by atoms with van der Waals surface area (Å²) in [7, 11) is 0. The molecule has 0 atom stereocenters. The Morgan fingerprint density at radius 2 is 1.75 bits per heavy atom. The average molecular weight is 445 g/mol. The summed E-state index contributed by atoms with van der Waals surface area (Å²) in [5.74, 6) is 0.330. The normalized spacial score (nSPS) is 21.5. The average Bonchev–Trinajstić information content (AvgIpc) is 2.47. The highest BCUT2D eigenvalue weighted by Gasteiger charge is 2.29. The number of rotatable bonds is 3. The summed E-state index contributed by atoms with van der Waals surface area (Å²) in [4.78, 5) is 16.6. The summed E-state index contributed by atoms with van der Waals surface area (Å²) in [5.41, 5.74) is 6.47. The van der Waals surface area contributed by atoms with Gasteiger partial charge in [0, 0.05) is 5.69 Å². The summed E-state index contributed by atoms with van der Waals surface area (Å²) >= 11 is 0. The van der Waals surface area contributed by atoms with E-state index in [4.69, 9.17) is 10.5 Å². The minimum absolute atomic E-state index is 0. The predicted octanol–water partition coefficient (Wildman–Crippen LogP) is 3.93. The number of aliphatic imine (C=N–C) groups is 1. The summed E-state index contributed by atoms with van der Waals surface area (Å²) in [5, 5.41) is 3.09. The molecule has 0 aliphatic heterocycles. The molecule has 0 heterocycles. The van der Waals surface area contributed by atoms with E-state index in [1.807, 2.05) is 51.1 Å². The number of anilines is 1. The predicted molar refractivity (Wildman–Crippen MR) is 109 cm³/mol. The lowest BCUT2D eigenvalue weighted by Gasteiger charge is -2.28. The number of hydrogen-bond acceptors (Lipinski definition) is 3. The van der Waals surface area contributed by atoms with Gasteiger partial charge in [-0.15, -0.1) is 24.0 Å². The minimum Gasteiger partial charge on any atom is -0.460 e. The fourth-order valence-corrected chi connectivity index (χ4v) is 2.72. The number of nitrogens with one attached hydrogen (secondary N) is 1. The molecule has 6 heteroatoms. The van der Waals surface area contributed by atoms with Gasteiger partial charge < -0.3 is 15.8 Å². The van der Waals surface area contributed by atoms with E-state index in [9.17, 15) is 4.79 Å². The van der Waals surface area contributed by atoms with E-state index in [0.29, 0.717) is 5.96 Å². The van der Waals surface area contributed by atoms with Crippen LogP contribution in [0.3, 0.4) is 0 Å². The molecule has 1 aromatic carbocycles. The van der Waals surface area contributed by atoms with Gasteiger partial charge in [-0.05, 0) is 58.6 Å². The zero-order valence-corrected chi connectivity index (χ0v) is 16.9. The van der Waals surface area contributed by atoms with Gasteiger partial charge in [0.05, 0.1) is 12.0 Å². The summed E-state index contributed by atoms with van der Waals surface area (Å²) < 4.78 is 5.46. The van der Waals surface area contributed by atoms with Crippen molar-refractivity contribution in [1.82, 2.24) is 0 Å². The molecular weight excluding hydrogens is 417 g/mol. The SMILES string of the molecule is CC(C)(C)OC(=O)C1CCC(N=C(N)Nc2ccccc2)CC1.I. The van der Waals surface area contributed by atoms with Crippen molar-refractivity contribution >= 4 is 41.6 Å². The molecule has 5 nitrogen and oxygen atoms in total. The van der Waals surface area contributed by atoms with E-state index in [1.165, 1.54) is 0 Å². The quantitative estimate of drug-likeness (QED) is 0.320.